The number of aromatic nitrogens is 1. The molecule has 30 heavy (non-hydrogen) atoms. The van der Waals surface area contributed by atoms with E-state index >= 15 is 0 Å². The Balaban J connectivity index is 1.36. The fourth-order valence-electron chi connectivity index (χ4n) is 3.45. The Kier molecular flexibility index (Phi) is 5.81. The summed E-state index contributed by atoms with van der Waals surface area (Å²) in [4.78, 5) is 31.3. The number of ether oxygens (including phenoxy) is 1. The second-order valence-electron chi connectivity index (χ2n) is 7.42. The van der Waals surface area contributed by atoms with E-state index in [0.29, 0.717) is 18.2 Å². The Labute approximate surface area is 179 Å². The third-order valence-corrected chi connectivity index (χ3v) is 5.96. The molecule has 6 nitrogen and oxygen atoms in total. The predicted octanol–water partition coefficient (Wildman–Crippen LogP) is 4.11. The lowest BCUT2D eigenvalue weighted by atomic mass is 10.1. The Hall–Kier alpha value is -3.19. The second kappa shape index (κ2) is 8.67. The van der Waals surface area contributed by atoms with Crippen molar-refractivity contribution in [3.8, 4) is 17.0 Å². The van der Waals surface area contributed by atoms with E-state index in [4.69, 9.17) is 4.74 Å². The van der Waals surface area contributed by atoms with Crippen LogP contribution in [0.5, 0.6) is 5.75 Å². The van der Waals surface area contributed by atoms with Gasteiger partial charge in [0.15, 0.2) is 5.13 Å². The minimum Gasteiger partial charge on any atom is -0.497 e. The molecule has 1 saturated heterocycles. The Morgan fingerprint density at radius 2 is 1.93 bits per heavy atom. The van der Waals surface area contributed by atoms with Crippen LogP contribution < -0.4 is 10.1 Å². The quantitative estimate of drug-likeness (QED) is 0.650. The zero-order chi connectivity index (χ0) is 21.1. The predicted molar refractivity (Wildman–Crippen MR) is 117 cm³/mol. The van der Waals surface area contributed by atoms with Gasteiger partial charge < -0.3 is 15.0 Å². The molecule has 2 aromatic carbocycles. The fraction of sp³-hybridized carbons (Fsp3) is 0.261. The lowest BCUT2D eigenvalue weighted by Gasteiger charge is -2.16. The van der Waals surface area contributed by atoms with Gasteiger partial charge in [-0.3, -0.25) is 9.59 Å². The topological polar surface area (TPSA) is 71.5 Å². The molecule has 1 aromatic heterocycles. The van der Waals surface area contributed by atoms with Crippen LogP contribution in [0.25, 0.3) is 11.3 Å². The molecule has 0 unspecified atom stereocenters. The first kappa shape index (κ1) is 20.1. The van der Waals surface area contributed by atoms with Crippen LogP contribution in [0.3, 0.4) is 0 Å². The molecule has 3 aromatic rings. The number of nitrogens with zero attached hydrogens (tertiary/aromatic N) is 2. The normalized spacial score (nSPS) is 16.0. The van der Waals surface area contributed by atoms with E-state index in [-0.39, 0.29) is 24.2 Å². The lowest BCUT2D eigenvalue weighted by molar-refractivity contribution is -0.128. The number of rotatable bonds is 6. The SMILES string of the molecule is COc1ccc(-c2csc(NC(=O)[C@@H]3CC(=O)N(Cc4ccc(C)cc4)C3)n2)cc1. The maximum atomic E-state index is 12.7. The molecule has 0 bridgehead atoms. The number of carbonyl (C=O) groups excluding carboxylic acids is 2. The number of hydrogen-bond donors (Lipinski definition) is 1. The molecular formula is C23H23N3O3S. The van der Waals surface area contributed by atoms with Gasteiger partial charge >= 0.3 is 0 Å². The van der Waals surface area contributed by atoms with Crippen LogP contribution in [0.2, 0.25) is 0 Å². The molecule has 2 heterocycles. The zero-order valence-corrected chi connectivity index (χ0v) is 17.7. The number of hydrogen-bond acceptors (Lipinski definition) is 5. The highest BCUT2D eigenvalue weighted by atomic mass is 32.1. The van der Waals surface area contributed by atoms with E-state index < -0.39 is 0 Å². The molecule has 1 aliphatic heterocycles. The molecule has 1 N–H and O–H groups in total. The standard InChI is InChI=1S/C23H23N3O3S/c1-15-3-5-16(6-4-15)12-26-13-18(11-21(26)27)22(28)25-23-24-20(14-30-23)17-7-9-19(29-2)10-8-17/h3-10,14,18H,11-13H2,1-2H3,(H,24,25,28)/t18-/m1/s1. The molecular weight excluding hydrogens is 398 g/mol. The van der Waals surface area contributed by atoms with Gasteiger partial charge in [0.2, 0.25) is 11.8 Å². The van der Waals surface area contributed by atoms with Gasteiger partial charge in [0.05, 0.1) is 18.7 Å². The molecule has 154 valence electrons. The van der Waals surface area contributed by atoms with E-state index in [9.17, 15) is 9.59 Å². The molecule has 0 saturated carbocycles. The van der Waals surface area contributed by atoms with Crippen LogP contribution in [0.15, 0.2) is 53.9 Å². The third kappa shape index (κ3) is 4.52. The van der Waals surface area contributed by atoms with Crippen molar-refractivity contribution in [1.29, 1.82) is 0 Å². The largest absolute Gasteiger partial charge is 0.497 e. The summed E-state index contributed by atoms with van der Waals surface area (Å²) >= 11 is 1.37. The van der Waals surface area contributed by atoms with Crippen molar-refractivity contribution in [2.75, 3.05) is 19.0 Å². The smallest absolute Gasteiger partial charge is 0.231 e. The van der Waals surface area contributed by atoms with Crippen molar-refractivity contribution >= 4 is 28.3 Å². The Bertz CT molecular complexity index is 1040. The van der Waals surface area contributed by atoms with Crippen LogP contribution >= 0.6 is 11.3 Å². The van der Waals surface area contributed by atoms with Crippen molar-refractivity contribution in [3.05, 3.63) is 65.0 Å². The van der Waals surface area contributed by atoms with Crippen LogP contribution in [0.4, 0.5) is 5.13 Å². The van der Waals surface area contributed by atoms with Crippen LogP contribution in [-0.2, 0) is 16.1 Å². The Morgan fingerprint density at radius 3 is 2.63 bits per heavy atom. The summed E-state index contributed by atoms with van der Waals surface area (Å²) in [6, 6.07) is 15.7. The highest BCUT2D eigenvalue weighted by molar-refractivity contribution is 7.14. The summed E-state index contributed by atoms with van der Waals surface area (Å²) in [7, 11) is 1.63. The number of methoxy groups -OCH3 is 1. The van der Waals surface area contributed by atoms with Gasteiger partial charge in [0.25, 0.3) is 0 Å². The van der Waals surface area contributed by atoms with Crippen LogP contribution in [0, 0.1) is 12.8 Å². The lowest BCUT2D eigenvalue weighted by Crippen LogP contribution is -2.28. The molecule has 7 heteroatoms. The first-order valence-corrected chi connectivity index (χ1v) is 10.6. The summed E-state index contributed by atoms with van der Waals surface area (Å²) in [6.07, 6.45) is 0.231. The Morgan fingerprint density at radius 1 is 1.20 bits per heavy atom. The van der Waals surface area contributed by atoms with Crippen LogP contribution in [0.1, 0.15) is 17.5 Å². The average Bonchev–Trinajstić information content (AvgIpc) is 3.37. The minimum absolute atomic E-state index is 0.00813. The highest BCUT2D eigenvalue weighted by Crippen LogP contribution is 2.28. The highest BCUT2D eigenvalue weighted by Gasteiger charge is 2.34. The number of amides is 2. The van der Waals surface area contributed by atoms with E-state index in [1.54, 1.807) is 12.0 Å². The number of likely N-dealkylation sites (tertiary alicyclic amines) is 1. The van der Waals surface area contributed by atoms with E-state index in [0.717, 1.165) is 22.6 Å². The fourth-order valence-corrected chi connectivity index (χ4v) is 4.17. The van der Waals surface area contributed by atoms with Gasteiger partial charge in [0.1, 0.15) is 5.75 Å². The van der Waals surface area contributed by atoms with Gasteiger partial charge in [0, 0.05) is 30.5 Å². The van der Waals surface area contributed by atoms with Gasteiger partial charge in [-0.05, 0) is 36.8 Å². The van der Waals surface area contributed by atoms with Gasteiger partial charge in [-0.25, -0.2) is 4.98 Å². The minimum atomic E-state index is -0.365. The molecule has 2 amide bonds. The average molecular weight is 422 g/mol. The molecule has 0 aliphatic carbocycles. The second-order valence-corrected chi connectivity index (χ2v) is 8.27. The monoisotopic (exact) mass is 421 g/mol. The van der Waals surface area contributed by atoms with Crippen molar-refractivity contribution in [3.63, 3.8) is 0 Å². The first-order chi connectivity index (χ1) is 14.5. The van der Waals surface area contributed by atoms with Crippen molar-refractivity contribution < 1.29 is 14.3 Å². The summed E-state index contributed by atoms with van der Waals surface area (Å²) in [6.45, 7) is 2.99. The number of aryl methyl sites for hydroxylation is 1. The number of nitrogens with one attached hydrogen (secondary N) is 1. The zero-order valence-electron chi connectivity index (χ0n) is 16.9. The van der Waals surface area contributed by atoms with Gasteiger partial charge in [-0.2, -0.15) is 0 Å². The molecule has 0 spiro atoms. The van der Waals surface area contributed by atoms with E-state index in [2.05, 4.69) is 10.3 Å². The number of carbonyl (C=O) groups is 2. The molecule has 1 aliphatic rings. The van der Waals surface area contributed by atoms with Crippen molar-refractivity contribution in [1.82, 2.24) is 9.88 Å². The van der Waals surface area contributed by atoms with E-state index in [1.165, 1.54) is 16.9 Å². The summed E-state index contributed by atoms with van der Waals surface area (Å²) in [5, 5.41) is 5.31. The van der Waals surface area contributed by atoms with Gasteiger partial charge in [-0.15, -0.1) is 11.3 Å². The summed E-state index contributed by atoms with van der Waals surface area (Å²) in [5.41, 5.74) is 3.99. The molecule has 4 rings (SSSR count). The maximum Gasteiger partial charge on any atom is 0.231 e. The summed E-state index contributed by atoms with van der Waals surface area (Å²) < 4.78 is 5.17. The number of anilines is 1. The van der Waals surface area contributed by atoms with Crippen LogP contribution in [-0.4, -0.2) is 35.4 Å². The number of benzene rings is 2. The van der Waals surface area contributed by atoms with Crippen molar-refractivity contribution in [2.24, 2.45) is 5.92 Å². The molecule has 1 fully saturated rings. The number of thiazole rings is 1. The first-order valence-electron chi connectivity index (χ1n) is 9.76. The van der Waals surface area contributed by atoms with Gasteiger partial charge in [-0.1, -0.05) is 29.8 Å². The van der Waals surface area contributed by atoms with E-state index in [1.807, 2.05) is 60.8 Å². The summed E-state index contributed by atoms with van der Waals surface area (Å²) in [5.74, 6) is 0.263. The van der Waals surface area contributed by atoms with Crippen molar-refractivity contribution in [2.45, 2.75) is 19.9 Å². The third-order valence-electron chi connectivity index (χ3n) is 5.20. The molecule has 1 atom stereocenters. The molecule has 0 radical (unpaired) electrons. The maximum absolute atomic E-state index is 12.7.